The molecule has 1 aromatic carbocycles. The summed E-state index contributed by atoms with van der Waals surface area (Å²) in [5.41, 5.74) is 2.79. The average Bonchev–Trinajstić information content (AvgIpc) is 3.35. The fraction of sp³-hybridized carbons (Fsp3) is 0.368. The minimum Gasteiger partial charge on any atom is -0.493 e. The van der Waals surface area contributed by atoms with Crippen molar-refractivity contribution in [1.29, 1.82) is 0 Å². The summed E-state index contributed by atoms with van der Waals surface area (Å²) < 4.78 is 34.9. The number of hydrogen-bond donors (Lipinski definition) is 0. The van der Waals surface area contributed by atoms with Gasteiger partial charge in [0, 0.05) is 37.8 Å². The summed E-state index contributed by atoms with van der Waals surface area (Å²) in [6.45, 7) is 1.63. The minimum atomic E-state index is -3.47. The summed E-state index contributed by atoms with van der Waals surface area (Å²) in [5.74, 6) is 1.06. The Morgan fingerprint density at radius 1 is 1.11 bits per heavy atom. The molecular weight excluding hydrogens is 364 g/mol. The van der Waals surface area contributed by atoms with Crippen LogP contribution in [0.5, 0.6) is 5.75 Å². The average molecular weight is 384 g/mol. The molecule has 0 atom stereocenters. The Labute approximate surface area is 157 Å². The van der Waals surface area contributed by atoms with Gasteiger partial charge in [-0.05, 0) is 48.7 Å². The summed E-state index contributed by atoms with van der Waals surface area (Å²) in [6, 6.07) is 9.14. The van der Waals surface area contributed by atoms with Crippen LogP contribution in [0.15, 0.2) is 47.6 Å². The highest BCUT2D eigenvalue weighted by molar-refractivity contribution is 7.89. The van der Waals surface area contributed by atoms with E-state index in [0.717, 1.165) is 41.9 Å². The van der Waals surface area contributed by atoms with E-state index in [2.05, 4.69) is 10.1 Å². The summed E-state index contributed by atoms with van der Waals surface area (Å²) in [6.07, 6.45) is 5.85. The molecule has 3 aromatic rings. The Morgan fingerprint density at radius 2 is 1.96 bits per heavy atom. The number of sulfonamides is 1. The Hall–Kier alpha value is -2.45. The summed E-state index contributed by atoms with van der Waals surface area (Å²) in [4.78, 5) is 4.58. The number of hydrogen-bond acceptors (Lipinski definition) is 5. The van der Waals surface area contributed by atoms with Crippen molar-refractivity contribution in [3.05, 3.63) is 54.0 Å². The van der Waals surface area contributed by atoms with Crippen molar-refractivity contribution >= 4 is 15.7 Å². The van der Waals surface area contributed by atoms with Gasteiger partial charge in [-0.2, -0.15) is 9.40 Å². The Morgan fingerprint density at radius 3 is 2.81 bits per heavy atom. The van der Waals surface area contributed by atoms with E-state index in [1.54, 1.807) is 33.2 Å². The molecule has 2 aliphatic rings. The van der Waals surface area contributed by atoms with Crippen molar-refractivity contribution < 1.29 is 13.2 Å². The Bertz CT molecular complexity index is 1100. The van der Waals surface area contributed by atoms with Gasteiger partial charge in [0.1, 0.15) is 5.75 Å². The van der Waals surface area contributed by atoms with Gasteiger partial charge in [0.15, 0.2) is 5.65 Å². The van der Waals surface area contributed by atoms with Gasteiger partial charge < -0.3 is 4.74 Å². The summed E-state index contributed by atoms with van der Waals surface area (Å²) in [7, 11) is -3.47. The molecule has 0 saturated carbocycles. The Kier molecular flexibility index (Phi) is 3.91. The van der Waals surface area contributed by atoms with Gasteiger partial charge in [-0.25, -0.2) is 17.9 Å². The monoisotopic (exact) mass is 384 g/mol. The van der Waals surface area contributed by atoms with Crippen LogP contribution >= 0.6 is 0 Å². The van der Waals surface area contributed by atoms with E-state index >= 15 is 0 Å². The van der Waals surface area contributed by atoms with Crippen LogP contribution in [0.2, 0.25) is 0 Å². The van der Waals surface area contributed by atoms with Crippen LogP contribution < -0.4 is 4.74 Å². The highest BCUT2D eigenvalue weighted by Gasteiger charge is 2.31. The van der Waals surface area contributed by atoms with Crippen LogP contribution in [0, 0.1) is 0 Å². The molecule has 5 rings (SSSR count). The van der Waals surface area contributed by atoms with Crippen molar-refractivity contribution in [3.63, 3.8) is 0 Å². The van der Waals surface area contributed by atoms with Crippen molar-refractivity contribution in [3.8, 4) is 5.75 Å². The SMILES string of the molecule is O=S(=O)(c1ccc2c(c1)CCO2)N1CCC(c2ccc3nccn3n2)CC1. The predicted octanol–water partition coefficient (Wildman–Crippen LogP) is 2.23. The molecule has 0 unspecified atom stereocenters. The molecule has 2 aromatic heterocycles. The quantitative estimate of drug-likeness (QED) is 0.692. The van der Waals surface area contributed by atoms with Crippen LogP contribution in [0.1, 0.15) is 30.0 Å². The molecule has 2 aliphatic heterocycles. The lowest BCUT2D eigenvalue weighted by molar-refractivity contribution is 0.315. The molecule has 0 radical (unpaired) electrons. The number of aromatic nitrogens is 3. The van der Waals surface area contributed by atoms with Gasteiger partial charge in [0.2, 0.25) is 10.0 Å². The number of nitrogens with zero attached hydrogens (tertiary/aromatic N) is 4. The van der Waals surface area contributed by atoms with Crippen LogP contribution in [0.4, 0.5) is 0 Å². The third-order valence-electron chi connectivity index (χ3n) is 5.45. The second-order valence-electron chi connectivity index (χ2n) is 7.03. The topological polar surface area (TPSA) is 76.8 Å². The molecule has 0 N–H and O–H groups in total. The number of ether oxygens (including phenoxy) is 1. The molecule has 8 heteroatoms. The molecule has 0 aliphatic carbocycles. The standard InChI is InChI=1S/C19H20N4O3S/c24-27(25,16-1-3-18-15(13-16)7-12-26-18)22-9-5-14(6-10-22)17-2-4-19-20-8-11-23(19)21-17/h1-4,8,11,13-14H,5-7,9-10,12H2. The van der Waals surface area contributed by atoms with Crippen molar-refractivity contribution in [2.45, 2.75) is 30.1 Å². The summed E-state index contributed by atoms with van der Waals surface area (Å²) in [5, 5.41) is 4.62. The molecule has 4 heterocycles. The number of benzene rings is 1. The highest BCUT2D eigenvalue weighted by Crippen LogP contribution is 2.32. The van der Waals surface area contributed by atoms with Crippen molar-refractivity contribution in [2.75, 3.05) is 19.7 Å². The first-order valence-corrected chi connectivity index (χ1v) is 10.6. The largest absolute Gasteiger partial charge is 0.493 e. The lowest BCUT2D eigenvalue weighted by atomic mass is 9.94. The number of imidazole rings is 1. The van der Waals surface area contributed by atoms with Gasteiger partial charge in [0.05, 0.1) is 17.2 Å². The zero-order valence-corrected chi connectivity index (χ0v) is 15.6. The maximum atomic E-state index is 13.0. The first kappa shape index (κ1) is 16.7. The highest BCUT2D eigenvalue weighted by atomic mass is 32.2. The molecular formula is C19H20N4O3S. The van der Waals surface area contributed by atoms with Gasteiger partial charge in [-0.15, -0.1) is 0 Å². The van der Waals surface area contributed by atoms with Crippen LogP contribution in [0.25, 0.3) is 5.65 Å². The molecule has 140 valence electrons. The predicted molar refractivity (Wildman–Crippen MR) is 99.4 cm³/mol. The van der Waals surface area contributed by atoms with E-state index in [1.165, 1.54) is 0 Å². The maximum Gasteiger partial charge on any atom is 0.243 e. The first-order chi connectivity index (χ1) is 13.1. The number of rotatable bonds is 3. The fourth-order valence-corrected chi connectivity index (χ4v) is 5.43. The van der Waals surface area contributed by atoms with E-state index in [9.17, 15) is 8.42 Å². The van der Waals surface area contributed by atoms with Crippen molar-refractivity contribution in [2.24, 2.45) is 0 Å². The maximum absolute atomic E-state index is 13.0. The minimum absolute atomic E-state index is 0.261. The third kappa shape index (κ3) is 2.89. The molecule has 7 nitrogen and oxygen atoms in total. The first-order valence-electron chi connectivity index (χ1n) is 9.17. The summed E-state index contributed by atoms with van der Waals surface area (Å²) >= 11 is 0. The van der Waals surface area contributed by atoms with Crippen LogP contribution in [0.3, 0.4) is 0 Å². The fourth-order valence-electron chi connectivity index (χ4n) is 3.91. The van der Waals surface area contributed by atoms with Crippen LogP contribution in [-0.4, -0.2) is 47.0 Å². The lowest BCUT2D eigenvalue weighted by Crippen LogP contribution is -2.38. The van der Waals surface area contributed by atoms with Gasteiger partial charge >= 0.3 is 0 Å². The molecule has 0 amide bonds. The van der Waals surface area contributed by atoms with Crippen LogP contribution in [-0.2, 0) is 16.4 Å². The van der Waals surface area contributed by atoms with E-state index < -0.39 is 10.0 Å². The molecule has 0 bridgehead atoms. The molecule has 1 saturated heterocycles. The number of piperidine rings is 1. The van der Waals surface area contributed by atoms with Crippen molar-refractivity contribution in [1.82, 2.24) is 18.9 Å². The molecule has 1 fully saturated rings. The normalized spacial score (nSPS) is 18.5. The second kappa shape index (κ2) is 6.31. The van der Waals surface area contributed by atoms with E-state index in [4.69, 9.17) is 4.74 Å². The lowest BCUT2D eigenvalue weighted by Gasteiger charge is -2.31. The second-order valence-corrected chi connectivity index (χ2v) is 8.97. The van der Waals surface area contributed by atoms with E-state index in [0.29, 0.717) is 24.6 Å². The van der Waals surface area contributed by atoms with Gasteiger partial charge in [-0.3, -0.25) is 0 Å². The van der Waals surface area contributed by atoms with E-state index in [1.807, 2.05) is 18.3 Å². The zero-order valence-electron chi connectivity index (χ0n) is 14.8. The smallest absolute Gasteiger partial charge is 0.243 e. The van der Waals surface area contributed by atoms with E-state index in [-0.39, 0.29) is 5.92 Å². The molecule has 27 heavy (non-hydrogen) atoms. The number of fused-ring (bicyclic) bond motifs is 2. The third-order valence-corrected chi connectivity index (χ3v) is 7.34. The Balaban J connectivity index is 1.33. The van der Waals surface area contributed by atoms with Gasteiger partial charge in [-0.1, -0.05) is 0 Å². The zero-order chi connectivity index (χ0) is 18.4. The van der Waals surface area contributed by atoms with Gasteiger partial charge in [0.25, 0.3) is 0 Å². The molecule has 0 spiro atoms.